The predicted molar refractivity (Wildman–Crippen MR) is 107 cm³/mol. The van der Waals surface area contributed by atoms with E-state index < -0.39 is 29.5 Å². The minimum absolute atomic E-state index is 0.0402. The van der Waals surface area contributed by atoms with Crippen molar-refractivity contribution in [1.29, 1.82) is 0 Å². The third kappa shape index (κ3) is 4.28. The van der Waals surface area contributed by atoms with Gasteiger partial charge in [0.2, 0.25) is 5.91 Å². The summed E-state index contributed by atoms with van der Waals surface area (Å²) in [7, 11) is 0. The zero-order valence-electron chi connectivity index (χ0n) is 16.0. The van der Waals surface area contributed by atoms with Crippen molar-refractivity contribution in [2.24, 2.45) is 0 Å². The molecule has 1 heterocycles. The van der Waals surface area contributed by atoms with Crippen molar-refractivity contribution in [1.82, 2.24) is 4.90 Å². The summed E-state index contributed by atoms with van der Waals surface area (Å²) in [6.07, 6.45) is -0.0548. The molecule has 0 aromatic heterocycles. The van der Waals surface area contributed by atoms with Crippen LogP contribution >= 0.6 is 11.6 Å². The van der Waals surface area contributed by atoms with Crippen LogP contribution in [0.4, 0.5) is 14.9 Å². The molecule has 0 saturated carbocycles. The molecule has 0 spiro atoms. The van der Waals surface area contributed by atoms with Gasteiger partial charge in [0.25, 0.3) is 0 Å². The highest BCUT2D eigenvalue weighted by atomic mass is 35.5. The fourth-order valence-corrected chi connectivity index (χ4v) is 3.17. The second-order valence-electron chi connectivity index (χ2n) is 7.61. The average molecular weight is 405 g/mol. The van der Waals surface area contributed by atoms with Gasteiger partial charge in [0.1, 0.15) is 11.6 Å². The molecular weight excluding hydrogens is 383 g/mol. The van der Waals surface area contributed by atoms with Crippen LogP contribution in [0.5, 0.6) is 0 Å². The van der Waals surface area contributed by atoms with E-state index in [1.807, 2.05) is 0 Å². The molecule has 28 heavy (non-hydrogen) atoms. The highest BCUT2D eigenvalue weighted by molar-refractivity contribution is 6.33. The zero-order chi connectivity index (χ0) is 20.5. The third-order valence-electron chi connectivity index (χ3n) is 4.37. The normalized spacial score (nSPS) is 16.3. The molecular formula is C21H22ClFN2O3. The minimum Gasteiger partial charge on any atom is -0.444 e. The van der Waals surface area contributed by atoms with E-state index in [0.29, 0.717) is 29.1 Å². The number of carbonyl (C=O) groups is 2. The fraction of sp³-hybridized carbons (Fsp3) is 0.333. The summed E-state index contributed by atoms with van der Waals surface area (Å²) < 4.78 is 20.3. The van der Waals surface area contributed by atoms with Crippen LogP contribution in [0.3, 0.4) is 0 Å². The number of nitrogens with one attached hydrogen (secondary N) is 1. The van der Waals surface area contributed by atoms with Crippen LogP contribution in [-0.2, 0) is 9.53 Å². The molecule has 2 aromatic carbocycles. The van der Waals surface area contributed by atoms with Gasteiger partial charge in [-0.2, -0.15) is 0 Å². The lowest BCUT2D eigenvalue weighted by Gasteiger charge is -2.40. The number of ether oxygens (including phenoxy) is 1. The lowest BCUT2D eigenvalue weighted by Crippen LogP contribution is -2.57. The molecule has 0 unspecified atom stereocenters. The van der Waals surface area contributed by atoms with Crippen molar-refractivity contribution in [3.05, 3.63) is 53.3 Å². The third-order valence-corrected chi connectivity index (χ3v) is 4.70. The first kappa shape index (κ1) is 20.1. The van der Waals surface area contributed by atoms with Crippen LogP contribution < -0.4 is 5.32 Å². The van der Waals surface area contributed by atoms with Crippen LogP contribution in [0.15, 0.2) is 42.5 Å². The standard InChI is InChI=1S/C21H22ClFN2O3/c1-21(2,3)28-20(27)25-12-11-17(25)19(26)24-16-10-6-8-14(18(16)23)13-7-4-5-9-15(13)22/h4-10,17H,11-12H2,1-3H3,(H,24,26)/t17-/m0/s1. The van der Waals surface area contributed by atoms with Gasteiger partial charge in [-0.15, -0.1) is 0 Å². The Morgan fingerprint density at radius 3 is 2.43 bits per heavy atom. The number of likely N-dealkylation sites (tertiary alicyclic amines) is 1. The van der Waals surface area contributed by atoms with E-state index in [-0.39, 0.29) is 5.69 Å². The van der Waals surface area contributed by atoms with Crippen LogP contribution in [0, 0.1) is 5.82 Å². The summed E-state index contributed by atoms with van der Waals surface area (Å²) in [5.41, 5.74) is 0.222. The van der Waals surface area contributed by atoms with Gasteiger partial charge in [0.05, 0.1) is 5.69 Å². The highest BCUT2D eigenvalue weighted by Crippen LogP contribution is 2.33. The highest BCUT2D eigenvalue weighted by Gasteiger charge is 2.40. The molecule has 5 nitrogen and oxygen atoms in total. The Hall–Kier alpha value is -2.60. The summed E-state index contributed by atoms with van der Waals surface area (Å²) in [4.78, 5) is 26.1. The van der Waals surface area contributed by atoms with Gasteiger partial charge in [0, 0.05) is 22.7 Å². The number of nitrogens with zero attached hydrogens (tertiary/aromatic N) is 1. The molecule has 2 amide bonds. The smallest absolute Gasteiger partial charge is 0.410 e. The van der Waals surface area contributed by atoms with Crippen LogP contribution in [0.25, 0.3) is 11.1 Å². The summed E-state index contributed by atoms with van der Waals surface area (Å²) >= 11 is 6.17. The van der Waals surface area contributed by atoms with Crippen molar-refractivity contribution in [3.8, 4) is 11.1 Å². The van der Waals surface area contributed by atoms with E-state index >= 15 is 0 Å². The van der Waals surface area contributed by atoms with Gasteiger partial charge < -0.3 is 10.1 Å². The lowest BCUT2D eigenvalue weighted by molar-refractivity contribution is -0.125. The Morgan fingerprint density at radius 1 is 1.14 bits per heavy atom. The van der Waals surface area contributed by atoms with Gasteiger partial charge >= 0.3 is 6.09 Å². The fourth-order valence-electron chi connectivity index (χ4n) is 2.93. The van der Waals surface area contributed by atoms with E-state index in [1.54, 1.807) is 57.2 Å². The van der Waals surface area contributed by atoms with Crippen molar-refractivity contribution >= 4 is 29.3 Å². The Morgan fingerprint density at radius 2 is 1.82 bits per heavy atom. The van der Waals surface area contributed by atoms with Crippen molar-refractivity contribution in [3.63, 3.8) is 0 Å². The SMILES string of the molecule is CC(C)(C)OC(=O)N1CC[C@H]1C(=O)Nc1cccc(-c2ccccc2Cl)c1F. The quantitative estimate of drug-likeness (QED) is 0.774. The first-order chi connectivity index (χ1) is 13.2. The van der Waals surface area contributed by atoms with E-state index in [0.717, 1.165) is 0 Å². The number of rotatable bonds is 3. The van der Waals surface area contributed by atoms with E-state index in [2.05, 4.69) is 5.32 Å². The maximum absolute atomic E-state index is 15.0. The Balaban J connectivity index is 1.76. The first-order valence-electron chi connectivity index (χ1n) is 9.01. The molecule has 2 aromatic rings. The number of carbonyl (C=O) groups excluding carboxylic acids is 2. The molecule has 0 radical (unpaired) electrons. The van der Waals surface area contributed by atoms with Crippen LogP contribution in [0.2, 0.25) is 5.02 Å². The van der Waals surface area contributed by atoms with Crippen molar-refractivity contribution < 1.29 is 18.7 Å². The minimum atomic E-state index is -0.682. The van der Waals surface area contributed by atoms with E-state index in [9.17, 15) is 14.0 Å². The van der Waals surface area contributed by atoms with Gasteiger partial charge in [-0.25, -0.2) is 9.18 Å². The van der Waals surface area contributed by atoms with Crippen molar-refractivity contribution in [2.45, 2.75) is 38.8 Å². The van der Waals surface area contributed by atoms with Gasteiger partial charge in [-0.3, -0.25) is 9.69 Å². The van der Waals surface area contributed by atoms with Gasteiger partial charge in [0.15, 0.2) is 5.82 Å². The number of benzene rings is 2. The van der Waals surface area contributed by atoms with Crippen molar-refractivity contribution in [2.75, 3.05) is 11.9 Å². The number of hydrogen-bond donors (Lipinski definition) is 1. The molecule has 1 atom stereocenters. The summed E-state index contributed by atoms with van der Waals surface area (Å²) in [6.45, 7) is 5.70. The largest absolute Gasteiger partial charge is 0.444 e. The van der Waals surface area contributed by atoms with E-state index in [4.69, 9.17) is 16.3 Å². The van der Waals surface area contributed by atoms with Gasteiger partial charge in [-0.1, -0.05) is 41.9 Å². The average Bonchev–Trinajstić information content (AvgIpc) is 2.55. The molecule has 1 N–H and O–H groups in total. The molecule has 1 aliphatic heterocycles. The summed E-state index contributed by atoms with van der Waals surface area (Å²) in [5.74, 6) is -1.03. The first-order valence-corrected chi connectivity index (χ1v) is 9.39. The molecule has 7 heteroatoms. The number of anilines is 1. The predicted octanol–water partition coefficient (Wildman–Crippen LogP) is 5.09. The topological polar surface area (TPSA) is 58.6 Å². The molecule has 0 aliphatic carbocycles. The van der Waals surface area contributed by atoms with Gasteiger partial charge in [-0.05, 0) is 39.3 Å². The number of halogens is 2. The summed E-state index contributed by atoms with van der Waals surface area (Å²) in [5, 5.41) is 3.00. The molecule has 1 fully saturated rings. The molecule has 148 valence electrons. The number of amides is 2. The number of hydrogen-bond acceptors (Lipinski definition) is 3. The maximum Gasteiger partial charge on any atom is 0.410 e. The lowest BCUT2D eigenvalue weighted by atomic mass is 10.0. The molecule has 0 bridgehead atoms. The maximum atomic E-state index is 15.0. The Kier molecular flexibility index (Phi) is 5.61. The molecule has 1 saturated heterocycles. The Labute approximate surface area is 168 Å². The Bertz CT molecular complexity index is 911. The second-order valence-corrected chi connectivity index (χ2v) is 8.02. The van der Waals surface area contributed by atoms with E-state index in [1.165, 1.54) is 11.0 Å². The van der Waals surface area contributed by atoms with Crippen LogP contribution in [-0.4, -0.2) is 35.1 Å². The zero-order valence-corrected chi connectivity index (χ0v) is 16.7. The monoisotopic (exact) mass is 404 g/mol. The summed E-state index contributed by atoms with van der Waals surface area (Å²) in [6, 6.07) is 10.9. The van der Waals surface area contributed by atoms with Crippen LogP contribution in [0.1, 0.15) is 27.2 Å². The molecule has 3 rings (SSSR count). The molecule has 1 aliphatic rings. The second kappa shape index (κ2) is 7.80.